The minimum absolute atomic E-state index is 0.0203. The van der Waals surface area contributed by atoms with Gasteiger partial charge in [0, 0.05) is 0 Å². The van der Waals surface area contributed by atoms with E-state index in [2.05, 4.69) is 47.6 Å². The van der Waals surface area contributed by atoms with Gasteiger partial charge in [-0.3, -0.25) is 0 Å². The molecule has 0 amide bonds. The Labute approximate surface area is 104 Å². The number of nitrogen functional groups attached to an aromatic ring is 1. The van der Waals surface area contributed by atoms with Crippen molar-refractivity contribution >= 4 is 17.3 Å². The van der Waals surface area contributed by atoms with Crippen LogP contribution in [-0.4, -0.2) is 0 Å². The minimum Gasteiger partial charge on any atom is -0.398 e. The van der Waals surface area contributed by atoms with E-state index in [1.807, 2.05) is 6.07 Å². The molecule has 0 unspecified atom stereocenters. The molecular weight excluding hydrogens is 218 g/mol. The second-order valence-electron chi connectivity index (χ2n) is 6.43. The molecule has 2 N–H and O–H groups in total. The highest BCUT2D eigenvalue weighted by atomic mass is 35.5. The van der Waals surface area contributed by atoms with Gasteiger partial charge >= 0.3 is 0 Å². The zero-order valence-corrected chi connectivity index (χ0v) is 11.9. The predicted octanol–water partition coefficient (Wildman–Crippen LogP) is 4.52. The van der Waals surface area contributed by atoms with Gasteiger partial charge < -0.3 is 5.73 Å². The molecule has 1 nitrogen and oxygen atoms in total. The van der Waals surface area contributed by atoms with Crippen LogP contribution in [0.5, 0.6) is 0 Å². The lowest BCUT2D eigenvalue weighted by molar-refractivity contribution is 0.569. The molecule has 0 aliphatic carbocycles. The van der Waals surface area contributed by atoms with Crippen LogP contribution in [0.4, 0.5) is 5.69 Å². The van der Waals surface area contributed by atoms with Crippen molar-refractivity contribution in [3.8, 4) is 0 Å². The lowest BCUT2D eigenvalue weighted by atomic mass is 9.80. The fourth-order valence-corrected chi connectivity index (χ4v) is 2.02. The highest BCUT2D eigenvalue weighted by Gasteiger charge is 2.23. The van der Waals surface area contributed by atoms with Crippen LogP contribution >= 0.6 is 11.6 Å². The van der Waals surface area contributed by atoms with Crippen molar-refractivity contribution in [3.63, 3.8) is 0 Å². The third-order valence-electron chi connectivity index (χ3n) is 2.77. The van der Waals surface area contributed by atoms with E-state index in [1.54, 1.807) is 0 Å². The SMILES string of the molecule is CC(C)(C)c1cc(N)c(Cl)c(C(C)(C)C)c1. The summed E-state index contributed by atoms with van der Waals surface area (Å²) in [5, 5.41) is 0.695. The fraction of sp³-hybridized carbons (Fsp3) is 0.571. The van der Waals surface area contributed by atoms with Gasteiger partial charge in [0.05, 0.1) is 10.7 Å². The first-order valence-corrected chi connectivity index (χ1v) is 6.01. The first-order chi connectivity index (χ1) is 7.03. The van der Waals surface area contributed by atoms with Gasteiger partial charge in [-0.05, 0) is 28.0 Å². The Morgan fingerprint density at radius 2 is 1.44 bits per heavy atom. The van der Waals surface area contributed by atoms with Crippen molar-refractivity contribution in [1.29, 1.82) is 0 Å². The van der Waals surface area contributed by atoms with E-state index in [0.29, 0.717) is 10.7 Å². The van der Waals surface area contributed by atoms with Crippen LogP contribution in [0.1, 0.15) is 52.7 Å². The first kappa shape index (κ1) is 13.4. The minimum atomic E-state index is 0.0203. The molecule has 0 saturated heterocycles. The summed E-state index contributed by atoms with van der Waals surface area (Å²) in [7, 11) is 0. The summed E-state index contributed by atoms with van der Waals surface area (Å²) in [5.74, 6) is 0. The van der Waals surface area contributed by atoms with Crippen LogP contribution in [0.15, 0.2) is 12.1 Å². The Morgan fingerprint density at radius 1 is 0.938 bits per heavy atom. The number of anilines is 1. The maximum absolute atomic E-state index is 6.27. The molecule has 0 heterocycles. The molecule has 0 aromatic heterocycles. The van der Waals surface area contributed by atoms with Crippen molar-refractivity contribution in [2.45, 2.75) is 52.4 Å². The van der Waals surface area contributed by atoms with E-state index in [0.717, 1.165) is 5.56 Å². The summed E-state index contributed by atoms with van der Waals surface area (Å²) in [6.07, 6.45) is 0. The van der Waals surface area contributed by atoms with Crippen LogP contribution in [0.25, 0.3) is 0 Å². The molecular formula is C14H22ClN. The van der Waals surface area contributed by atoms with Crippen molar-refractivity contribution in [1.82, 2.24) is 0 Å². The number of hydrogen-bond donors (Lipinski definition) is 1. The second-order valence-corrected chi connectivity index (χ2v) is 6.80. The number of benzene rings is 1. The maximum Gasteiger partial charge on any atom is 0.0672 e. The first-order valence-electron chi connectivity index (χ1n) is 5.63. The van der Waals surface area contributed by atoms with E-state index in [9.17, 15) is 0 Å². The van der Waals surface area contributed by atoms with Crippen LogP contribution in [0.2, 0.25) is 5.02 Å². The van der Waals surface area contributed by atoms with Gasteiger partial charge in [-0.2, -0.15) is 0 Å². The average molecular weight is 240 g/mol. The molecule has 1 rings (SSSR count). The van der Waals surface area contributed by atoms with Gasteiger partial charge in [0.2, 0.25) is 0 Å². The normalized spacial score (nSPS) is 12.9. The molecule has 0 aliphatic rings. The van der Waals surface area contributed by atoms with Crippen molar-refractivity contribution < 1.29 is 0 Å². The predicted molar refractivity (Wildman–Crippen MR) is 73.3 cm³/mol. The summed E-state index contributed by atoms with van der Waals surface area (Å²) in [5.41, 5.74) is 9.14. The molecule has 0 saturated carbocycles. The van der Waals surface area contributed by atoms with Gasteiger partial charge in [0.1, 0.15) is 0 Å². The Morgan fingerprint density at radius 3 is 1.81 bits per heavy atom. The van der Waals surface area contributed by atoms with Crippen molar-refractivity contribution in [2.75, 3.05) is 5.73 Å². The number of hydrogen-bond acceptors (Lipinski definition) is 1. The van der Waals surface area contributed by atoms with E-state index in [1.165, 1.54) is 5.56 Å². The molecule has 0 atom stereocenters. The maximum atomic E-state index is 6.27. The van der Waals surface area contributed by atoms with Crippen LogP contribution < -0.4 is 5.73 Å². The molecule has 0 fully saturated rings. The molecule has 0 radical (unpaired) electrons. The summed E-state index contributed by atoms with van der Waals surface area (Å²) in [6, 6.07) is 4.16. The lowest BCUT2D eigenvalue weighted by Crippen LogP contribution is -2.17. The highest BCUT2D eigenvalue weighted by Crippen LogP contribution is 2.37. The molecule has 1 aromatic rings. The average Bonchev–Trinajstić information content (AvgIpc) is 2.05. The van der Waals surface area contributed by atoms with Gasteiger partial charge in [-0.15, -0.1) is 0 Å². The monoisotopic (exact) mass is 239 g/mol. The highest BCUT2D eigenvalue weighted by molar-refractivity contribution is 6.34. The van der Waals surface area contributed by atoms with Gasteiger partial charge in [0.15, 0.2) is 0 Å². The molecule has 2 heteroatoms. The zero-order valence-electron chi connectivity index (χ0n) is 11.1. The van der Waals surface area contributed by atoms with Gasteiger partial charge in [-0.1, -0.05) is 59.2 Å². The quantitative estimate of drug-likeness (QED) is 0.662. The molecule has 0 aliphatic heterocycles. The fourth-order valence-electron chi connectivity index (χ4n) is 1.63. The third-order valence-corrected chi connectivity index (χ3v) is 3.20. The lowest BCUT2D eigenvalue weighted by Gasteiger charge is -2.26. The summed E-state index contributed by atoms with van der Waals surface area (Å²) < 4.78 is 0. The standard InChI is InChI=1S/C14H22ClN/c1-13(2,3)9-7-10(14(4,5)6)12(15)11(16)8-9/h7-8H,16H2,1-6H3. The van der Waals surface area contributed by atoms with Crippen molar-refractivity contribution in [2.24, 2.45) is 0 Å². The summed E-state index contributed by atoms with van der Waals surface area (Å²) in [6.45, 7) is 13.0. The Balaban J connectivity index is 3.46. The van der Waals surface area contributed by atoms with Gasteiger partial charge in [0.25, 0.3) is 0 Å². The molecule has 90 valence electrons. The van der Waals surface area contributed by atoms with Crippen LogP contribution in [-0.2, 0) is 10.8 Å². The van der Waals surface area contributed by atoms with E-state index < -0.39 is 0 Å². The third kappa shape index (κ3) is 2.70. The Bertz CT molecular complexity index is 394. The zero-order chi connectivity index (χ0) is 12.7. The van der Waals surface area contributed by atoms with Crippen LogP contribution in [0.3, 0.4) is 0 Å². The molecule has 0 spiro atoms. The molecule has 1 aromatic carbocycles. The molecule has 16 heavy (non-hydrogen) atoms. The van der Waals surface area contributed by atoms with Gasteiger partial charge in [-0.25, -0.2) is 0 Å². The topological polar surface area (TPSA) is 26.0 Å². The molecule has 0 bridgehead atoms. The Hall–Kier alpha value is -0.690. The number of rotatable bonds is 0. The van der Waals surface area contributed by atoms with E-state index in [-0.39, 0.29) is 10.8 Å². The summed E-state index contributed by atoms with van der Waals surface area (Å²) >= 11 is 6.27. The summed E-state index contributed by atoms with van der Waals surface area (Å²) in [4.78, 5) is 0. The number of nitrogens with two attached hydrogens (primary N) is 1. The van der Waals surface area contributed by atoms with E-state index >= 15 is 0 Å². The van der Waals surface area contributed by atoms with Crippen molar-refractivity contribution in [3.05, 3.63) is 28.3 Å². The van der Waals surface area contributed by atoms with Crippen LogP contribution in [0, 0.1) is 0 Å². The number of halogens is 1. The smallest absolute Gasteiger partial charge is 0.0672 e. The largest absolute Gasteiger partial charge is 0.398 e. The van der Waals surface area contributed by atoms with E-state index in [4.69, 9.17) is 17.3 Å². The Kier molecular flexibility index (Phi) is 3.31. The second kappa shape index (κ2) is 3.96.